The molecule has 0 atom stereocenters. The number of amides is 2. The van der Waals surface area contributed by atoms with Gasteiger partial charge in [-0.25, -0.2) is 14.8 Å². The summed E-state index contributed by atoms with van der Waals surface area (Å²) in [6.45, 7) is -0.185. The van der Waals surface area contributed by atoms with Crippen LogP contribution in [-0.2, 0) is 0 Å². The zero-order valence-electron chi connectivity index (χ0n) is 10.4. The molecule has 0 radical (unpaired) electrons. The van der Waals surface area contributed by atoms with Crippen LogP contribution in [0.4, 0.5) is 10.7 Å². The molecular formula is C10H7KN4O5. The van der Waals surface area contributed by atoms with Crippen molar-refractivity contribution in [1.29, 1.82) is 0 Å². The summed E-state index contributed by atoms with van der Waals surface area (Å²) in [4.78, 5) is 23.9. The summed E-state index contributed by atoms with van der Waals surface area (Å²) in [5, 5.41) is 25.7. The molecule has 20 heavy (non-hydrogen) atoms. The van der Waals surface area contributed by atoms with Gasteiger partial charge in [-0.2, -0.15) is 5.10 Å². The Hall–Kier alpha value is -1.33. The van der Waals surface area contributed by atoms with E-state index < -0.39 is 16.9 Å². The van der Waals surface area contributed by atoms with Crippen LogP contribution in [-0.4, -0.2) is 34.6 Å². The number of hydrogen-bond donors (Lipinski definition) is 0. The van der Waals surface area contributed by atoms with Gasteiger partial charge in [0.05, 0.1) is 12.6 Å². The molecule has 2 amide bonds. The first-order valence-corrected chi connectivity index (χ1v) is 5.07. The van der Waals surface area contributed by atoms with Crippen LogP contribution in [0.25, 0.3) is 6.08 Å². The maximum atomic E-state index is 11.0. The molecule has 9 nitrogen and oxygen atoms in total. The zero-order valence-corrected chi connectivity index (χ0v) is 13.5. The Morgan fingerprint density at radius 2 is 2.25 bits per heavy atom. The molecule has 1 aliphatic heterocycles. The van der Waals surface area contributed by atoms with E-state index in [4.69, 9.17) is 4.42 Å². The summed E-state index contributed by atoms with van der Waals surface area (Å²) >= 11 is 0. The third kappa shape index (κ3) is 4.35. The molecule has 10 heteroatoms. The second-order valence-electron chi connectivity index (χ2n) is 3.40. The number of furan rings is 1. The summed E-state index contributed by atoms with van der Waals surface area (Å²) in [6, 6.07) is 1.92. The molecule has 0 bridgehead atoms. The van der Waals surface area contributed by atoms with Crippen molar-refractivity contribution in [3.05, 3.63) is 34.1 Å². The predicted molar refractivity (Wildman–Crippen MR) is 62.4 cm³/mol. The maximum Gasteiger partial charge on any atom is 1.00 e. The summed E-state index contributed by atoms with van der Waals surface area (Å²) in [5.74, 6) is -0.643. The molecule has 0 aliphatic carbocycles. The molecule has 1 aromatic rings. The Labute approximate surface area is 155 Å². The van der Waals surface area contributed by atoms with E-state index in [1.54, 1.807) is 0 Å². The Balaban J connectivity index is 0.00000200. The molecular weight excluding hydrogens is 295 g/mol. The number of allylic oxidation sites excluding steroid dienone is 1. The van der Waals surface area contributed by atoms with Crippen LogP contribution >= 0.6 is 0 Å². The quantitative estimate of drug-likeness (QED) is 0.261. The Bertz CT molecular complexity index is 607. The molecule has 98 valence electrons. The average Bonchev–Trinajstić information content (AvgIpc) is 2.92. The molecule has 2 heterocycles. The molecule has 0 aromatic carbocycles. The van der Waals surface area contributed by atoms with E-state index >= 15 is 0 Å². The summed E-state index contributed by atoms with van der Waals surface area (Å²) in [6.07, 6.45) is 4.09. The number of carbonyl (C=O) groups is 1. The van der Waals surface area contributed by atoms with E-state index in [0.29, 0.717) is 0 Å². The Kier molecular flexibility index (Phi) is 6.23. The van der Waals surface area contributed by atoms with Crippen molar-refractivity contribution in [2.45, 2.75) is 0 Å². The number of aliphatic imine (C=N–C) groups is 1. The third-order valence-corrected chi connectivity index (χ3v) is 2.07. The largest absolute Gasteiger partial charge is 1.00 e. The standard InChI is InChI=1S/C10H8N4O5.K/c15-8-6-13(10(16)12-8)11-5-1-2-7-3-4-9(19-7)14(17)18;/h1-5H,6H2,(H,12,15,16);/q;+1/p-1/b2-1+,11-5-;. The van der Waals surface area contributed by atoms with Gasteiger partial charge < -0.3 is 9.52 Å². The first-order chi connectivity index (χ1) is 9.06. The van der Waals surface area contributed by atoms with Crippen molar-refractivity contribution in [2.75, 3.05) is 6.54 Å². The minimum Gasteiger partial charge on any atom is -0.860 e. The van der Waals surface area contributed by atoms with Crippen LogP contribution in [0.2, 0.25) is 0 Å². The molecule has 0 saturated carbocycles. The minimum atomic E-state index is -0.719. The second kappa shape index (κ2) is 7.45. The molecule has 0 saturated heterocycles. The molecule has 2 rings (SSSR count). The number of nitrogens with zero attached hydrogens (tertiary/aromatic N) is 4. The smallest absolute Gasteiger partial charge is 0.860 e. The molecule has 0 fully saturated rings. The number of hydrazone groups is 1. The van der Waals surface area contributed by atoms with Gasteiger partial charge in [-0.05, 0) is 24.1 Å². The summed E-state index contributed by atoms with van der Waals surface area (Å²) in [5.41, 5.74) is 0. The number of nitro groups is 1. The van der Waals surface area contributed by atoms with Crippen LogP contribution in [0.5, 0.6) is 0 Å². The topological polar surface area (TPSA) is 124 Å². The third-order valence-electron chi connectivity index (χ3n) is 2.07. The molecule has 0 unspecified atom stereocenters. The number of urea groups is 1. The Morgan fingerprint density at radius 3 is 2.80 bits per heavy atom. The predicted octanol–water partition coefficient (Wildman–Crippen LogP) is -2.61. The fourth-order valence-electron chi connectivity index (χ4n) is 1.27. The fourth-order valence-corrected chi connectivity index (χ4v) is 1.27. The van der Waals surface area contributed by atoms with Gasteiger partial charge in [0.2, 0.25) is 0 Å². The fraction of sp³-hybridized carbons (Fsp3) is 0.100. The monoisotopic (exact) mass is 302 g/mol. The van der Waals surface area contributed by atoms with E-state index in [1.165, 1.54) is 30.5 Å². The molecule has 1 aliphatic rings. The van der Waals surface area contributed by atoms with Gasteiger partial charge in [0.1, 0.15) is 10.7 Å². The van der Waals surface area contributed by atoms with Crippen LogP contribution < -0.4 is 56.5 Å². The van der Waals surface area contributed by atoms with Crippen molar-refractivity contribution >= 4 is 30.1 Å². The maximum absolute atomic E-state index is 11.0. The normalized spacial score (nSPS) is 14.9. The Morgan fingerprint density at radius 1 is 1.50 bits per heavy atom. The number of hydrogen-bond acceptors (Lipinski definition) is 6. The SMILES string of the molecule is O=C1N=C([O-])CN1/N=C\C=C\c1ccc([N+](=O)[O-])o1.[K+]. The van der Waals surface area contributed by atoms with Gasteiger partial charge in [0, 0.05) is 6.21 Å². The van der Waals surface area contributed by atoms with Crippen molar-refractivity contribution < 1.29 is 70.6 Å². The van der Waals surface area contributed by atoms with Crippen LogP contribution in [0.3, 0.4) is 0 Å². The van der Waals surface area contributed by atoms with E-state index in [-0.39, 0.29) is 69.6 Å². The van der Waals surface area contributed by atoms with Gasteiger partial charge in [-0.3, -0.25) is 10.1 Å². The first-order valence-electron chi connectivity index (χ1n) is 5.07. The van der Waals surface area contributed by atoms with Gasteiger partial charge in [0.25, 0.3) is 0 Å². The van der Waals surface area contributed by atoms with Crippen molar-refractivity contribution in [2.24, 2.45) is 10.1 Å². The average molecular weight is 302 g/mol. The molecule has 0 N–H and O–H groups in total. The zero-order chi connectivity index (χ0) is 13.8. The van der Waals surface area contributed by atoms with Crippen LogP contribution in [0.15, 0.2) is 32.7 Å². The van der Waals surface area contributed by atoms with Crippen molar-refractivity contribution in [3.8, 4) is 0 Å². The van der Waals surface area contributed by atoms with Crippen LogP contribution in [0.1, 0.15) is 5.76 Å². The van der Waals surface area contributed by atoms with Crippen molar-refractivity contribution in [1.82, 2.24) is 5.01 Å². The molecule has 1 aromatic heterocycles. The van der Waals surface area contributed by atoms with Gasteiger partial charge in [-0.15, -0.1) is 0 Å². The van der Waals surface area contributed by atoms with Gasteiger partial charge >= 0.3 is 63.3 Å². The molecule has 0 spiro atoms. The van der Waals surface area contributed by atoms with Gasteiger partial charge in [0.15, 0.2) is 0 Å². The van der Waals surface area contributed by atoms with E-state index in [9.17, 15) is 20.0 Å². The summed E-state index contributed by atoms with van der Waals surface area (Å²) < 4.78 is 4.85. The first kappa shape index (κ1) is 16.7. The second-order valence-corrected chi connectivity index (χ2v) is 3.40. The van der Waals surface area contributed by atoms with Crippen molar-refractivity contribution in [3.63, 3.8) is 0 Å². The minimum absolute atomic E-state index is 0. The van der Waals surface area contributed by atoms with Gasteiger partial charge in [-0.1, -0.05) is 0 Å². The van der Waals surface area contributed by atoms with Crippen LogP contribution in [0, 0.1) is 10.1 Å². The number of carbonyl (C=O) groups excluding carboxylic acids is 1. The van der Waals surface area contributed by atoms with E-state index in [0.717, 1.165) is 5.01 Å². The number of rotatable bonds is 4. The van der Waals surface area contributed by atoms with E-state index in [2.05, 4.69) is 10.1 Å². The van der Waals surface area contributed by atoms with E-state index in [1.807, 2.05) is 0 Å². The summed E-state index contributed by atoms with van der Waals surface area (Å²) in [7, 11) is 0.